The summed E-state index contributed by atoms with van der Waals surface area (Å²) in [5, 5.41) is 8.80. The Labute approximate surface area is 113 Å². The van der Waals surface area contributed by atoms with Gasteiger partial charge in [0.05, 0.1) is 0 Å². The van der Waals surface area contributed by atoms with E-state index in [9.17, 15) is 9.59 Å². The lowest BCUT2D eigenvalue weighted by Crippen LogP contribution is -2.51. The maximum Gasteiger partial charge on any atom is 0.248 e. The molecule has 106 valence electrons. The lowest BCUT2D eigenvalue weighted by atomic mass is 9.97. The third kappa shape index (κ3) is 3.80. The summed E-state index contributed by atoms with van der Waals surface area (Å²) >= 11 is 0. The first-order valence-electron chi connectivity index (χ1n) is 7.05. The van der Waals surface area contributed by atoms with Crippen LogP contribution in [0.15, 0.2) is 11.6 Å². The molecule has 0 aromatic heterocycles. The summed E-state index contributed by atoms with van der Waals surface area (Å²) in [5.74, 6) is -0.0775. The minimum Gasteiger partial charge on any atom is -0.387 e. The molecule has 2 rings (SSSR count). The second kappa shape index (κ2) is 6.70. The molecule has 1 fully saturated rings. The van der Waals surface area contributed by atoms with Gasteiger partial charge in [0, 0.05) is 32.6 Å². The van der Waals surface area contributed by atoms with E-state index >= 15 is 0 Å². The summed E-state index contributed by atoms with van der Waals surface area (Å²) in [6.07, 6.45) is 7.31. The van der Waals surface area contributed by atoms with Crippen molar-refractivity contribution in [2.24, 2.45) is 0 Å². The molecule has 0 bridgehead atoms. The van der Waals surface area contributed by atoms with Crippen molar-refractivity contribution in [2.75, 3.05) is 32.8 Å². The number of amides is 2. The Balaban J connectivity index is 1.79. The molecule has 0 atom stereocenters. The standard InChI is InChI=1S/C14H22N2O3/c17-11-14(19)16-8-6-15(7-9-16)13(18)10-12-4-2-1-3-5-12/h4,17H,1-3,5-11H2. The highest BCUT2D eigenvalue weighted by Gasteiger charge is 2.24. The molecule has 2 amide bonds. The van der Waals surface area contributed by atoms with E-state index in [-0.39, 0.29) is 11.8 Å². The minimum absolute atomic E-state index is 0.171. The number of carbonyl (C=O) groups is 2. The molecular formula is C14H22N2O3. The summed E-state index contributed by atoms with van der Waals surface area (Å²) < 4.78 is 0. The molecule has 0 unspecified atom stereocenters. The monoisotopic (exact) mass is 266 g/mol. The van der Waals surface area contributed by atoms with E-state index in [0.717, 1.165) is 12.8 Å². The van der Waals surface area contributed by atoms with Gasteiger partial charge in [0.1, 0.15) is 6.61 Å². The quantitative estimate of drug-likeness (QED) is 0.758. The Kier molecular flexibility index (Phi) is 4.96. The number of aliphatic hydroxyl groups excluding tert-OH is 1. The van der Waals surface area contributed by atoms with Gasteiger partial charge in [0.2, 0.25) is 11.8 Å². The van der Waals surface area contributed by atoms with Crippen molar-refractivity contribution in [3.63, 3.8) is 0 Å². The summed E-state index contributed by atoms with van der Waals surface area (Å²) in [6, 6.07) is 0. The Morgan fingerprint density at radius 2 is 1.68 bits per heavy atom. The van der Waals surface area contributed by atoms with E-state index in [1.807, 2.05) is 4.90 Å². The van der Waals surface area contributed by atoms with E-state index < -0.39 is 6.61 Å². The second-order valence-electron chi connectivity index (χ2n) is 5.20. The molecule has 0 aromatic carbocycles. The molecule has 0 radical (unpaired) electrons. The lowest BCUT2D eigenvalue weighted by Gasteiger charge is -2.34. The fourth-order valence-corrected chi connectivity index (χ4v) is 2.68. The maximum absolute atomic E-state index is 12.1. The van der Waals surface area contributed by atoms with Gasteiger partial charge in [-0.25, -0.2) is 0 Å². The number of allylic oxidation sites excluding steroid dienone is 1. The topological polar surface area (TPSA) is 60.9 Å². The van der Waals surface area contributed by atoms with Crippen LogP contribution in [0.3, 0.4) is 0 Å². The van der Waals surface area contributed by atoms with E-state index in [2.05, 4.69) is 6.08 Å². The van der Waals surface area contributed by atoms with Crippen molar-refractivity contribution >= 4 is 11.8 Å². The van der Waals surface area contributed by atoms with Crippen molar-refractivity contribution in [3.05, 3.63) is 11.6 Å². The van der Waals surface area contributed by atoms with Crippen LogP contribution < -0.4 is 0 Å². The van der Waals surface area contributed by atoms with Crippen LogP contribution >= 0.6 is 0 Å². The van der Waals surface area contributed by atoms with Crippen LogP contribution in [0, 0.1) is 0 Å². The van der Waals surface area contributed by atoms with Crippen molar-refractivity contribution in [1.82, 2.24) is 9.80 Å². The first-order chi connectivity index (χ1) is 9.20. The van der Waals surface area contributed by atoms with E-state index in [0.29, 0.717) is 32.6 Å². The largest absolute Gasteiger partial charge is 0.387 e. The van der Waals surface area contributed by atoms with Crippen LogP contribution in [0.4, 0.5) is 0 Å². The molecule has 5 heteroatoms. The zero-order valence-electron chi connectivity index (χ0n) is 11.3. The fraction of sp³-hybridized carbons (Fsp3) is 0.714. The highest BCUT2D eigenvalue weighted by Crippen LogP contribution is 2.21. The normalized spacial score (nSPS) is 20.2. The number of hydrogen-bond donors (Lipinski definition) is 1. The van der Waals surface area contributed by atoms with Gasteiger partial charge in [-0.05, 0) is 25.7 Å². The number of hydrogen-bond acceptors (Lipinski definition) is 3. The fourth-order valence-electron chi connectivity index (χ4n) is 2.68. The van der Waals surface area contributed by atoms with Gasteiger partial charge in [-0.15, -0.1) is 0 Å². The van der Waals surface area contributed by atoms with Crippen molar-refractivity contribution < 1.29 is 14.7 Å². The third-order valence-electron chi connectivity index (χ3n) is 3.88. The van der Waals surface area contributed by atoms with Crippen LogP contribution in [0.5, 0.6) is 0 Å². The summed E-state index contributed by atoms with van der Waals surface area (Å²) in [4.78, 5) is 26.9. The van der Waals surface area contributed by atoms with Crippen LogP contribution in [-0.2, 0) is 9.59 Å². The van der Waals surface area contributed by atoms with E-state index in [1.54, 1.807) is 4.90 Å². The van der Waals surface area contributed by atoms with Gasteiger partial charge in [-0.1, -0.05) is 11.6 Å². The van der Waals surface area contributed by atoms with Crippen LogP contribution in [0.25, 0.3) is 0 Å². The smallest absolute Gasteiger partial charge is 0.248 e. The Morgan fingerprint density at radius 1 is 1.05 bits per heavy atom. The second-order valence-corrected chi connectivity index (χ2v) is 5.20. The molecule has 0 spiro atoms. The maximum atomic E-state index is 12.1. The Morgan fingerprint density at radius 3 is 2.21 bits per heavy atom. The molecule has 0 aromatic rings. The molecule has 2 aliphatic rings. The van der Waals surface area contributed by atoms with Crippen LogP contribution in [0.1, 0.15) is 32.1 Å². The minimum atomic E-state index is -0.444. The summed E-state index contributed by atoms with van der Waals surface area (Å²) in [5.41, 5.74) is 1.27. The van der Waals surface area contributed by atoms with Crippen molar-refractivity contribution in [3.8, 4) is 0 Å². The highest BCUT2D eigenvalue weighted by atomic mass is 16.3. The number of rotatable bonds is 3. The number of aliphatic hydroxyl groups is 1. The summed E-state index contributed by atoms with van der Waals surface area (Å²) in [7, 11) is 0. The predicted molar refractivity (Wildman–Crippen MR) is 71.4 cm³/mol. The van der Waals surface area contributed by atoms with Gasteiger partial charge in [-0.2, -0.15) is 0 Å². The number of piperazine rings is 1. The Hall–Kier alpha value is -1.36. The average molecular weight is 266 g/mol. The molecule has 5 nitrogen and oxygen atoms in total. The molecule has 1 aliphatic carbocycles. The zero-order chi connectivity index (χ0) is 13.7. The molecular weight excluding hydrogens is 244 g/mol. The van der Waals surface area contributed by atoms with E-state index in [4.69, 9.17) is 5.11 Å². The molecule has 1 saturated heterocycles. The number of nitrogens with zero attached hydrogens (tertiary/aromatic N) is 2. The lowest BCUT2D eigenvalue weighted by molar-refractivity contribution is -0.140. The first kappa shape index (κ1) is 14.1. The molecule has 0 saturated carbocycles. The highest BCUT2D eigenvalue weighted by molar-refractivity contribution is 5.80. The number of carbonyl (C=O) groups excluding carboxylic acids is 2. The van der Waals surface area contributed by atoms with Crippen molar-refractivity contribution in [1.29, 1.82) is 0 Å². The molecule has 19 heavy (non-hydrogen) atoms. The third-order valence-corrected chi connectivity index (χ3v) is 3.88. The van der Waals surface area contributed by atoms with Gasteiger partial charge in [0.15, 0.2) is 0 Å². The van der Waals surface area contributed by atoms with Crippen LogP contribution in [-0.4, -0.2) is 59.5 Å². The van der Waals surface area contributed by atoms with E-state index in [1.165, 1.54) is 18.4 Å². The molecule has 1 aliphatic heterocycles. The molecule has 1 N–H and O–H groups in total. The molecule has 1 heterocycles. The van der Waals surface area contributed by atoms with Gasteiger partial charge in [0.25, 0.3) is 0 Å². The van der Waals surface area contributed by atoms with Crippen LogP contribution in [0.2, 0.25) is 0 Å². The average Bonchev–Trinajstić information content (AvgIpc) is 2.47. The van der Waals surface area contributed by atoms with Gasteiger partial charge in [-0.3, -0.25) is 9.59 Å². The van der Waals surface area contributed by atoms with Gasteiger partial charge < -0.3 is 14.9 Å². The summed E-state index contributed by atoms with van der Waals surface area (Å²) in [6.45, 7) is 1.78. The first-order valence-corrected chi connectivity index (χ1v) is 7.05. The zero-order valence-corrected chi connectivity index (χ0v) is 11.3. The predicted octanol–water partition coefficient (Wildman–Crippen LogP) is 0.540. The van der Waals surface area contributed by atoms with Gasteiger partial charge >= 0.3 is 0 Å². The van der Waals surface area contributed by atoms with Crippen molar-refractivity contribution in [2.45, 2.75) is 32.1 Å². The SMILES string of the molecule is O=C(CO)N1CCN(C(=O)CC2=CCCCC2)CC1. The Bertz CT molecular complexity index is 371.